The molecule has 0 aliphatic carbocycles. The average molecular weight is 549 g/mol. The Morgan fingerprint density at radius 2 is 1.89 bits per heavy atom. The van der Waals surface area contributed by atoms with Crippen LogP contribution in [0.4, 0.5) is 5.69 Å². The maximum absolute atomic E-state index is 12.5. The molecular formula is C25H20Cl3N3O3S. The lowest BCUT2D eigenvalue weighted by molar-refractivity contribution is -0.125. The molecule has 1 heterocycles. The van der Waals surface area contributed by atoms with Crippen LogP contribution < -0.4 is 15.4 Å². The fraction of sp³-hybridized carbons (Fsp3) is 0.160. The third-order valence-electron chi connectivity index (χ3n) is 5.12. The van der Waals surface area contributed by atoms with Gasteiger partial charge in [0.15, 0.2) is 16.8 Å². The van der Waals surface area contributed by atoms with Gasteiger partial charge in [-0.1, -0.05) is 47.8 Å². The molecule has 1 amide bonds. The van der Waals surface area contributed by atoms with Crippen molar-refractivity contribution in [1.29, 1.82) is 0 Å². The number of aryl methyl sites for hydroxylation is 1. The zero-order valence-electron chi connectivity index (χ0n) is 18.7. The number of oxazole rings is 1. The van der Waals surface area contributed by atoms with E-state index in [-0.39, 0.29) is 5.11 Å². The molecule has 6 nitrogen and oxygen atoms in total. The SMILES string of the molecule is CCc1ccc2oc(-c3cc(NC(=S)NC(=O)C(C)Oc4ccc(Cl)cc4Cl)ccc3Cl)nc2c1. The molecule has 0 spiro atoms. The number of hydrogen-bond donors (Lipinski definition) is 2. The Bertz CT molecular complexity index is 1420. The number of aromatic nitrogens is 1. The Hall–Kier alpha value is -2.84. The fourth-order valence-electron chi connectivity index (χ4n) is 3.27. The molecular weight excluding hydrogens is 529 g/mol. The summed E-state index contributed by atoms with van der Waals surface area (Å²) in [5.74, 6) is 0.274. The first-order valence-corrected chi connectivity index (χ1v) is 12.2. The van der Waals surface area contributed by atoms with Gasteiger partial charge in [-0.15, -0.1) is 0 Å². The summed E-state index contributed by atoms with van der Waals surface area (Å²) in [4.78, 5) is 17.1. The molecule has 1 aromatic heterocycles. The molecule has 0 aliphatic heterocycles. The number of nitrogens with one attached hydrogen (secondary N) is 2. The third kappa shape index (κ3) is 6.05. The Labute approximate surface area is 222 Å². The normalized spacial score (nSPS) is 11.8. The molecule has 10 heteroatoms. The first kappa shape index (κ1) is 25.3. The van der Waals surface area contributed by atoms with Crippen LogP contribution in [-0.4, -0.2) is 22.1 Å². The molecule has 3 aromatic carbocycles. The van der Waals surface area contributed by atoms with Gasteiger partial charge in [0.2, 0.25) is 5.89 Å². The van der Waals surface area contributed by atoms with Crippen LogP contribution >= 0.6 is 47.0 Å². The van der Waals surface area contributed by atoms with Gasteiger partial charge >= 0.3 is 0 Å². The molecule has 0 fully saturated rings. The van der Waals surface area contributed by atoms with Gasteiger partial charge in [0.1, 0.15) is 11.3 Å². The standard InChI is InChI=1S/C25H20Cl3N3O3S/c1-3-14-4-8-22-20(10-14)30-24(34-22)17-12-16(6-7-18(17)27)29-25(35)31-23(32)13(2)33-21-9-5-15(26)11-19(21)28/h4-13H,3H2,1-2H3,(H2,29,31,32,35). The Morgan fingerprint density at radius 3 is 2.63 bits per heavy atom. The number of rotatable bonds is 6. The summed E-state index contributed by atoms with van der Waals surface area (Å²) in [6, 6.07) is 15.8. The largest absolute Gasteiger partial charge is 0.479 e. The second-order valence-corrected chi connectivity index (χ2v) is 9.31. The minimum absolute atomic E-state index is 0.0890. The molecule has 1 unspecified atom stereocenters. The number of amides is 1. The number of benzene rings is 3. The van der Waals surface area contributed by atoms with Crippen molar-refractivity contribution in [3.63, 3.8) is 0 Å². The molecule has 4 rings (SSSR count). The highest BCUT2D eigenvalue weighted by atomic mass is 35.5. The van der Waals surface area contributed by atoms with Gasteiger partial charge in [0, 0.05) is 10.7 Å². The number of carbonyl (C=O) groups excluding carboxylic acids is 1. The van der Waals surface area contributed by atoms with E-state index in [2.05, 4.69) is 22.5 Å². The summed E-state index contributed by atoms with van der Waals surface area (Å²) in [6.45, 7) is 3.66. The predicted octanol–water partition coefficient (Wildman–Crippen LogP) is 7.30. The van der Waals surface area contributed by atoms with Crippen LogP contribution in [0.25, 0.3) is 22.6 Å². The minimum Gasteiger partial charge on any atom is -0.479 e. The van der Waals surface area contributed by atoms with Crippen molar-refractivity contribution in [3.8, 4) is 17.2 Å². The van der Waals surface area contributed by atoms with Crippen LogP contribution in [0.1, 0.15) is 19.4 Å². The highest BCUT2D eigenvalue weighted by Crippen LogP contribution is 2.33. The van der Waals surface area contributed by atoms with E-state index in [9.17, 15) is 4.79 Å². The molecule has 0 aliphatic rings. The van der Waals surface area contributed by atoms with Crippen LogP contribution in [0.3, 0.4) is 0 Å². The first-order chi connectivity index (χ1) is 16.7. The minimum atomic E-state index is -0.859. The number of thiocarbonyl (C=S) groups is 1. The number of carbonyl (C=O) groups is 1. The van der Waals surface area contributed by atoms with Crippen molar-refractivity contribution in [2.24, 2.45) is 0 Å². The maximum Gasteiger partial charge on any atom is 0.266 e. The molecule has 0 radical (unpaired) electrons. The average Bonchev–Trinajstić information content (AvgIpc) is 3.25. The van der Waals surface area contributed by atoms with E-state index in [1.807, 2.05) is 18.2 Å². The van der Waals surface area contributed by atoms with Gasteiger partial charge in [-0.05, 0) is 79.7 Å². The highest BCUT2D eigenvalue weighted by Gasteiger charge is 2.18. The highest BCUT2D eigenvalue weighted by molar-refractivity contribution is 7.80. The molecule has 0 bridgehead atoms. The van der Waals surface area contributed by atoms with E-state index in [1.165, 1.54) is 6.07 Å². The van der Waals surface area contributed by atoms with Crippen LogP contribution in [0.15, 0.2) is 59.0 Å². The first-order valence-electron chi connectivity index (χ1n) is 10.7. The number of ether oxygens (including phenoxy) is 1. The molecule has 4 aromatic rings. The molecule has 180 valence electrons. The van der Waals surface area contributed by atoms with E-state index < -0.39 is 12.0 Å². The quantitative estimate of drug-likeness (QED) is 0.246. The number of hydrogen-bond acceptors (Lipinski definition) is 5. The second-order valence-electron chi connectivity index (χ2n) is 7.65. The van der Waals surface area contributed by atoms with Crippen LogP contribution in [0, 0.1) is 0 Å². The van der Waals surface area contributed by atoms with E-state index in [0.29, 0.717) is 43.5 Å². The summed E-state index contributed by atoms with van der Waals surface area (Å²) in [6.07, 6.45) is 0.0414. The summed E-state index contributed by atoms with van der Waals surface area (Å²) in [7, 11) is 0. The van der Waals surface area contributed by atoms with Crippen molar-refractivity contribution < 1.29 is 13.9 Å². The van der Waals surface area contributed by atoms with Gasteiger partial charge in [-0.3, -0.25) is 10.1 Å². The van der Waals surface area contributed by atoms with Crippen molar-refractivity contribution in [1.82, 2.24) is 10.3 Å². The Kier molecular flexibility index (Phi) is 7.82. The van der Waals surface area contributed by atoms with Crippen molar-refractivity contribution in [3.05, 3.63) is 75.2 Å². The molecule has 0 saturated carbocycles. The lowest BCUT2D eigenvalue weighted by atomic mass is 10.1. The van der Waals surface area contributed by atoms with E-state index in [0.717, 1.165) is 17.5 Å². The Balaban J connectivity index is 1.44. The number of nitrogens with zero attached hydrogens (tertiary/aromatic N) is 1. The summed E-state index contributed by atoms with van der Waals surface area (Å²) in [5, 5.41) is 6.90. The van der Waals surface area contributed by atoms with Crippen molar-refractivity contribution in [2.45, 2.75) is 26.4 Å². The zero-order chi connectivity index (χ0) is 25.1. The van der Waals surface area contributed by atoms with Gasteiger partial charge in [0.25, 0.3) is 5.91 Å². The third-order valence-corrected chi connectivity index (χ3v) is 6.18. The van der Waals surface area contributed by atoms with E-state index in [1.54, 1.807) is 37.3 Å². The Morgan fingerprint density at radius 1 is 1.09 bits per heavy atom. The lowest BCUT2D eigenvalue weighted by Gasteiger charge is -2.17. The smallest absolute Gasteiger partial charge is 0.266 e. The van der Waals surface area contributed by atoms with Crippen LogP contribution in [0.5, 0.6) is 5.75 Å². The topological polar surface area (TPSA) is 76.4 Å². The number of anilines is 1. The monoisotopic (exact) mass is 547 g/mol. The van der Waals surface area contributed by atoms with Gasteiger partial charge in [-0.2, -0.15) is 0 Å². The van der Waals surface area contributed by atoms with E-state index >= 15 is 0 Å². The van der Waals surface area contributed by atoms with E-state index in [4.69, 9.17) is 56.2 Å². The molecule has 2 N–H and O–H groups in total. The fourth-order valence-corrected chi connectivity index (χ4v) is 4.14. The molecule has 35 heavy (non-hydrogen) atoms. The van der Waals surface area contributed by atoms with Gasteiger partial charge in [-0.25, -0.2) is 4.98 Å². The van der Waals surface area contributed by atoms with Gasteiger partial charge < -0.3 is 14.5 Å². The maximum atomic E-state index is 12.5. The summed E-state index contributed by atoms with van der Waals surface area (Å²) in [5.41, 5.74) is 3.78. The summed E-state index contributed by atoms with van der Waals surface area (Å²) >= 11 is 23.7. The second kappa shape index (κ2) is 10.8. The molecule has 1 atom stereocenters. The van der Waals surface area contributed by atoms with Crippen LogP contribution in [0.2, 0.25) is 15.1 Å². The zero-order valence-corrected chi connectivity index (χ0v) is 21.8. The summed E-state index contributed by atoms with van der Waals surface area (Å²) < 4.78 is 11.5. The number of halogens is 3. The molecule has 0 saturated heterocycles. The van der Waals surface area contributed by atoms with Crippen molar-refractivity contribution >= 4 is 74.8 Å². The van der Waals surface area contributed by atoms with Gasteiger partial charge in [0.05, 0.1) is 15.6 Å². The van der Waals surface area contributed by atoms with Crippen molar-refractivity contribution in [2.75, 3.05) is 5.32 Å². The number of fused-ring (bicyclic) bond motifs is 1. The predicted molar refractivity (Wildman–Crippen MR) is 145 cm³/mol. The lowest BCUT2D eigenvalue weighted by Crippen LogP contribution is -2.42. The van der Waals surface area contributed by atoms with Crippen LogP contribution in [-0.2, 0) is 11.2 Å².